The van der Waals surface area contributed by atoms with Crippen LogP contribution in [0.15, 0.2) is 35.2 Å². The Balaban J connectivity index is 2.11. The minimum atomic E-state index is 0.0389. The minimum absolute atomic E-state index is 0.0389. The Morgan fingerprint density at radius 2 is 1.83 bits per heavy atom. The highest BCUT2D eigenvalue weighted by Gasteiger charge is 2.09. The second-order valence-corrected chi connectivity index (χ2v) is 6.69. The molecule has 0 spiro atoms. The summed E-state index contributed by atoms with van der Waals surface area (Å²) in [7, 11) is 0. The van der Waals surface area contributed by atoms with E-state index in [0.717, 1.165) is 17.9 Å². The van der Waals surface area contributed by atoms with Crippen LogP contribution in [0.25, 0.3) is 0 Å². The molecule has 18 heavy (non-hydrogen) atoms. The molecule has 0 aliphatic rings. The number of nitrogens with one attached hydrogen (secondary N) is 1. The zero-order valence-corrected chi connectivity index (χ0v) is 12.3. The second kappa shape index (κ2) is 7.47. The molecular weight excluding hydrogens is 242 g/mol. The van der Waals surface area contributed by atoms with Gasteiger partial charge in [-0.3, -0.25) is 4.79 Å². The van der Waals surface area contributed by atoms with Crippen molar-refractivity contribution >= 4 is 17.0 Å². The number of carbonyl (C=O) groups is 1. The Morgan fingerprint density at radius 1 is 1.17 bits per heavy atom. The number of hydrogen-bond acceptors (Lipinski definition) is 2. The normalized spacial score (nSPS) is 11.3. The number of benzene rings is 1. The average molecular weight is 265 g/mol. The van der Waals surface area contributed by atoms with Crippen molar-refractivity contribution in [1.82, 2.24) is 5.32 Å². The quantitative estimate of drug-likeness (QED) is 0.617. The maximum atomic E-state index is 11.6. The summed E-state index contributed by atoms with van der Waals surface area (Å²) in [6, 6.07) is 9.74. The van der Waals surface area contributed by atoms with Crippen LogP contribution in [0.3, 0.4) is 0 Å². The van der Waals surface area contributed by atoms with Crippen molar-refractivity contribution < 1.29 is 4.79 Å². The first-order valence-corrected chi connectivity index (χ1v) is 7.30. The number of hydrogen-bond donors (Lipinski definition) is 1. The largest absolute Gasteiger partial charge is 0.347 e. The molecule has 1 rings (SSSR count). The predicted octanol–water partition coefficient (Wildman–Crippen LogP) is 4.70. The van der Waals surface area contributed by atoms with E-state index in [9.17, 15) is 4.79 Å². The number of unbranched alkanes of at least 4 members (excludes halogenated alkanes) is 1. The number of rotatable bonds is 5. The summed E-state index contributed by atoms with van der Waals surface area (Å²) in [6.07, 6.45) is 3.42. The molecule has 0 saturated heterocycles. The molecule has 1 aromatic carbocycles. The van der Waals surface area contributed by atoms with E-state index in [4.69, 9.17) is 0 Å². The van der Waals surface area contributed by atoms with E-state index in [0.29, 0.717) is 5.41 Å². The lowest BCUT2D eigenvalue weighted by molar-refractivity contribution is 0.260. The summed E-state index contributed by atoms with van der Waals surface area (Å²) in [5, 5.41) is 2.98. The van der Waals surface area contributed by atoms with Crippen LogP contribution in [0.5, 0.6) is 0 Å². The van der Waals surface area contributed by atoms with E-state index < -0.39 is 0 Å². The van der Waals surface area contributed by atoms with Gasteiger partial charge in [-0.2, -0.15) is 0 Å². The third kappa shape index (κ3) is 7.38. The van der Waals surface area contributed by atoms with E-state index in [1.807, 2.05) is 30.3 Å². The smallest absolute Gasteiger partial charge is 0.283 e. The lowest BCUT2D eigenvalue weighted by Crippen LogP contribution is -2.20. The number of amides is 1. The van der Waals surface area contributed by atoms with E-state index in [2.05, 4.69) is 26.1 Å². The van der Waals surface area contributed by atoms with Crippen LogP contribution in [0, 0.1) is 5.41 Å². The minimum Gasteiger partial charge on any atom is -0.347 e. The van der Waals surface area contributed by atoms with E-state index in [-0.39, 0.29) is 5.24 Å². The Hall–Kier alpha value is -0.960. The van der Waals surface area contributed by atoms with Crippen molar-refractivity contribution in [3.63, 3.8) is 0 Å². The highest BCUT2D eigenvalue weighted by molar-refractivity contribution is 8.13. The summed E-state index contributed by atoms with van der Waals surface area (Å²) in [5.74, 6) is 0. The van der Waals surface area contributed by atoms with Gasteiger partial charge in [-0.1, -0.05) is 45.4 Å². The summed E-state index contributed by atoms with van der Waals surface area (Å²) in [6.45, 7) is 7.51. The van der Waals surface area contributed by atoms with E-state index in [1.54, 1.807) is 0 Å². The molecule has 0 fully saturated rings. The molecule has 0 unspecified atom stereocenters. The van der Waals surface area contributed by atoms with Crippen molar-refractivity contribution in [3.05, 3.63) is 30.3 Å². The first kappa shape index (κ1) is 15.1. The van der Waals surface area contributed by atoms with Crippen molar-refractivity contribution in [2.45, 2.75) is 44.9 Å². The van der Waals surface area contributed by atoms with Gasteiger partial charge in [-0.15, -0.1) is 0 Å². The highest BCUT2D eigenvalue weighted by Crippen LogP contribution is 2.21. The molecule has 0 aliphatic heterocycles. The summed E-state index contributed by atoms with van der Waals surface area (Å²) in [5.41, 5.74) is 0.392. The van der Waals surface area contributed by atoms with Crippen LogP contribution in [0.4, 0.5) is 4.79 Å². The number of carbonyl (C=O) groups excluding carboxylic acids is 1. The van der Waals surface area contributed by atoms with Gasteiger partial charge in [-0.05, 0) is 42.2 Å². The fourth-order valence-electron chi connectivity index (χ4n) is 1.60. The maximum Gasteiger partial charge on any atom is 0.283 e. The van der Waals surface area contributed by atoms with Gasteiger partial charge < -0.3 is 5.32 Å². The Bertz CT molecular complexity index is 357. The van der Waals surface area contributed by atoms with Crippen LogP contribution >= 0.6 is 11.8 Å². The summed E-state index contributed by atoms with van der Waals surface area (Å²) < 4.78 is 0. The van der Waals surface area contributed by atoms with E-state index >= 15 is 0 Å². The van der Waals surface area contributed by atoms with Crippen LogP contribution < -0.4 is 5.32 Å². The second-order valence-electron chi connectivity index (χ2n) is 5.65. The molecule has 3 heteroatoms. The molecule has 100 valence electrons. The standard InChI is InChI=1S/C15H23NOS/c1-15(2,3)11-7-8-12-16-14(17)18-13-9-5-4-6-10-13/h4-6,9-10H,7-8,11-12H2,1-3H3,(H,16,17). The van der Waals surface area contributed by atoms with Crippen molar-refractivity contribution in [2.75, 3.05) is 6.54 Å². The van der Waals surface area contributed by atoms with Gasteiger partial charge in [0.2, 0.25) is 0 Å². The first-order valence-electron chi connectivity index (χ1n) is 6.48. The zero-order chi connectivity index (χ0) is 13.4. The number of thioether (sulfide) groups is 1. The molecule has 0 aliphatic carbocycles. The monoisotopic (exact) mass is 265 g/mol. The van der Waals surface area contributed by atoms with E-state index in [1.165, 1.54) is 24.6 Å². The summed E-state index contributed by atoms with van der Waals surface area (Å²) >= 11 is 1.26. The SMILES string of the molecule is CC(C)(C)CCCCNC(=O)Sc1ccccc1. The Labute approximate surface area is 115 Å². The Morgan fingerprint density at radius 3 is 2.44 bits per heavy atom. The first-order chi connectivity index (χ1) is 8.47. The lowest BCUT2D eigenvalue weighted by atomic mass is 9.90. The van der Waals surface area contributed by atoms with Crippen LogP contribution in [0.2, 0.25) is 0 Å². The fraction of sp³-hybridized carbons (Fsp3) is 0.533. The highest BCUT2D eigenvalue weighted by atomic mass is 32.2. The molecule has 0 radical (unpaired) electrons. The van der Waals surface area contributed by atoms with Crippen molar-refractivity contribution in [3.8, 4) is 0 Å². The molecule has 0 aromatic heterocycles. The van der Waals surface area contributed by atoms with Crippen LogP contribution in [-0.4, -0.2) is 11.8 Å². The Kier molecular flexibility index (Phi) is 6.27. The molecule has 0 saturated carbocycles. The van der Waals surface area contributed by atoms with Crippen LogP contribution in [0.1, 0.15) is 40.0 Å². The molecule has 0 heterocycles. The third-order valence-electron chi connectivity index (χ3n) is 2.58. The lowest BCUT2D eigenvalue weighted by Gasteiger charge is -2.17. The molecule has 1 aromatic rings. The average Bonchev–Trinajstić information content (AvgIpc) is 2.28. The molecule has 1 N–H and O–H groups in total. The topological polar surface area (TPSA) is 29.1 Å². The van der Waals surface area contributed by atoms with Gasteiger partial charge >= 0.3 is 0 Å². The van der Waals surface area contributed by atoms with Gasteiger partial charge in [0.25, 0.3) is 5.24 Å². The van der Waals surface area contributed by atoms with Gasteiger partial charge in [-0.25, -0.2) is 0 Å². The molecular formula is C15H23NOS. The van der Waals surface area contributed by atoms with Gasteiger partial charge in [0.1, 0.15) is 0 Å². The van der Waals surface area contributed by atoms with Crippen molar-refractivity contribution in [1.29, 1.82) is 0 Å². The molecule has 0 bridgehead atoms. The summed E-state index contributed by atoms with van der Waals surface area (Å²) in [4.78, 5) is 12.6. The molecule has 1 amide bonds. The zero-order valence-electron chi connectivity index (χ0n) is 11.5. The fourth-order valence-corrected chi connectivity index (χ4v) is 2.28. The van der Waals surface area contributed by atoms with Gasteiger partial charge in [0.15, 0.2) is 0 Å². The maximum absolute atomic E-state index is 11.6. The predicted molar refractivity (Wildman–Crippen MR) is 79.0 cm³/mol. The van der Waals surface area contributed by atoms with Gasteiger partial charge in [0.05, 0.1) is 0 Å². The van der Waals surface area contributed by atoms with Crippen molar-refractivity contribution in [2.24, 2.45) is 5.41 Å². The van der Waals surface area contributed by atoms with Crippen LogP contribution in [-0.2, 0) is 0 Å². The molecule has 2 nitrogen and oxygen atoms in total. The van der Waals surface area contributed by atoms with Gasteiger partial charge in [0, 0.05) is 11.4 Å². The molecule has 0 atom stereocenters. The third-order valence-corrected chi connectivity index (χ3v) is 3.41.